The van der Waals surface area contributed by atoms with E-state index in [0.717, 1.165) is 40.3 Å². The first-order chi connectivity index (χ1) is 18.7. The molecule has 196 valence electrons. The minimum atomic E-state index is -0.504. The van der Waals surface area contributed by atoms with Gasteiger partial charge in [-0.1, -0.05) is 6.07 Å². The zero-order valence-electron chi connectivity index (χ0n) is 21.6. The van der Waals surface area contributed by atoms with E-state index in [1.807, 2.05) is 12.1 Å². The predicted molar refractivity (Wildman–Crippen MR) is 147 cm³/mol. The molecule has 1 aliphatic carbocycles. The summed E-state index contributed by atoms with van der Waals surface area (Å²) in [5.41, 5.74) is 12.8. The maximum atomic E-state index is 11.9. The maximum absolute atomic E-state index is 11.9. The van der Waals surface area contributed by atoms with Crippen LogP contribution in [-0.4, -0.2) is 52.4 Å². The molecule has 1 unspecified atom stereocenters. The number of nitrogens with two attached hydrogens (primary N) is 1. The van der Waals surface area contributed by atoms with Gasteiger partial charge in [0.1, 0.15) is 18.1 Å². The largest absolute Gasteiger partial charge is 0.467 e. The van der Waals surface area contributed by atoms with Crippen LogP contribution in [-0.2, 0) is 11.3 Å². The van der Waals surface area contributed by atoms with Crippen LogP contribution >= 0.6 is 0 Å². The zero-order chi connectivity index (χ0) is 26.1. The lowest BCUT2D eigenvalue weighted by molar-refractivity contribution is -0.109. The molecule has 3 aromatic rings. The number of carbonyl (C=O) groups is 1. The number of aromatic nitrogens is 3. The third-order valence-electron chi connectivity index (χ3n) is 7.84. The second-order valence-corrected chi connectivity index (χ2v) is 10.2. The number of nitrogens with zero attached hydrogens (tertiary/aromatic N) is 4. The zero-order valence-corrected chi connectivity index (χ0v) is 21.6. The molecule has 9 heteroatoms. The van der Waals surface area contributed by atoms with Crippen LogP contribution in [0.1, 0.15) is 59.9 Å². The van der Waals surface area contributed by atoms with E-state index in [1.165, 1.54) is 51.4 Å². The van der Waals surface area contributed by atoms with Crippen molar-refractivity contribution >= 4 is 23.9 Å². The van der Waals surface area contributed by atoms with Crippen molar-refractivity contribution in [2.75, 3.05) is 25.5 Å². The molecule has 6 rings (SSSR count). The van der Waals surface area contributed by atoms with Crippen molar-refractivity contribution in [3.63, 3.8) is 0 Å². The SMILES string of the molecule is COc1ncc(-c2cc3c(c(Nc4ccc(C5CCN(C6CC6)CC5)c(CN)c4)n2)C(C=O)NC=C3)cn1. The minimum absolute atomic E-state index is 0.294. The number of hydrogen-bond donors (Lipinski definition) is 3. The minimum Gasteiger partial charge on any atom is -0.467 e. The van der Waals surface area contributed by atoms with Gasteiger partial charge in [-0.3, -0.25) is 0 Å². The van der Waals surface area contributed by atoms with E-state index in [0.29, 0.717) is 30.0 Å². The Morgan fingerprint density at radius 3 is 2.63 bits per heavy atom. The van der Waals surface area contributed by atoms with Crippen molar-refractivity contribution in [2.24, 2.45) is 5.73 Å². The molecule has 0 amide bonds. The Labute approximate surface area is 222 Å². The maximum Gasteiger partial charge on any atom is 0.316 e. The Hall–Kier alpha value is -3.82. The number of likely N-dealkylation sites (tertiary alicyclic amines) is 1. The molecule has 38 heavy (non-hydrogen) atoms. The Kier molecular flexibility index (Phi) is 6.78. The highest BCUT2D eigenvalue weighted by Gasteiger charge is 2.32. The summed E-state index contributed by atoms with van der Waals surface area (Å²) in [4.78, 5) is 27.9. The Balaban J connectivity index is 1.31. The lowest BCUT2D eigenvalue weighted by Gasteiger charge is -2.33. The second kappa shape index (κ2) is 10.5. The van der Waals surface area contributed by atoms with Crippen LogP contribution in [0.25, 0.3) is 17.3 Å². The third-order valence-corrected chi connectivity index (χ3v) is 7.84. The van der Waals surface area contributed by atoms with Crippen molar-refractivity contribution in [1.29, 1.82) is 0 Å². The average Bonchev–Trinajstić information content (AvgIpc) is 3.82. The highest BCUT2D eigenvalue weighted by atomic mass is 16.5. The molecule has 1 atom stereocenters. The van der Waals surface area contributed by atoms with E-state index in [2.05, 4.69) is 43.7 Å². The van der Waals surface area contributed by atoms with Gasteiger partial charge >= 0.3 is 6.01 Å². The molecule has 3 aliphatic rings. The topological polar surface area (TPSA) is 118 Å². The van der Waals surface area contributed by atoms with E-state index in [4.69, 9.17) is 15.5 Å². The number of aldehydes is 1. The Morgan fingerprint density at radius 2 is 1.95 bits per heavy atom. The highest BCUT2D eigenvalue weighted by molar-refractivity contribution is 5.80. The van der Waals surface area contributed by atoms with Gasteiger partial charge in [-0.05, 0) is 91.9 Å². The van der Waals surface area contributed by atoms with Crippen molar-refractivity contribution in [3.05, 3.63) is 65.1 Å². The summed E-state index contributed by atoms with van der Waals surface area (Å²) >= 11 is 0. The smallest absolute Gasteiger partial charge is 0.316 e. The molecule has 0 bridgehead atoms. The van der Waals surface area contributed by atoms with Gasteiger partial charge in [-0.2, -0.15) is 0 Å². The van der Waals surface area contributed by atoms with Gasteiger partial charge in [0.25, 0.3) is 0 Å². The van der Waals surface area contributed by atoms with E-state index in [-0.39, 0.29) is 0 Å². The summed E-state index contributed by atoms with van der Waals surface area (Å²) < 4.78 is 5.09. The molecule has 9 nitrogen and oxygen atoms in total. The third kappa shape index (κ3) is 4.87. The number of piperidine rings is 1. The van der Waals surface area contributed by atoms with Crippen LogP contribution in [0.2, 0.25) is 0 Å². The van der Waals surface area contributed by atoms with Gasteiger partial charge in [0.2, 0.25) is 0 Å². The molecule has 4 heterocycles. The quantitative estimate of drug-likeness (QED) is 0.387. The summed E-state index contributed by atoms with van der Waals surface area (Å²) in [7, 11) is 1.53. The summed E-state index contributed by atoms with van der Waals surface area (Å²) in [6.07, 6.45) is 13.1. The molecule has 4 N–H and O–H groups in total. The van der Waals surface area contributed by atoms with Gasteiger partial charge < -0.3 is 30.8 Å². The summed E-state index contributed by atoms with van der Waals surface area (Å²) in [6.45, 7) is 2.82. The van der Waals surface area contributed by atoms with Crippen LogP contribution < -0.4 is 21.1 Å². The van der Waals surface area contributed by atoms with Crippen LogP contribution in [0.4, 0.5) is 11.5 Å². The number of pyridine rings is 1. The Bertz CT molecular complexity index is 1350. The lowest BCUT2D eigenvalue weighted by atomic mass is 9.86. The van der Waals surface area contributed by atoms with Gasteiger partial charge in [0.05, 0.1) is 12.8 Å². The molecular formula is C29H33N7O2. The monoisotopic (exact) mass is 511 g/mol. The van der Waals surface area contributed by atoms with Crippen molar-refractivity contribution < 1.29 is 9.53 Å². The molecule has 0 spiro atoms. The number of benzene rings is 1. The van der Waals surface area contributed by atoms with E-state index in [9.17, 15) is 4.79 Å². The first-order valence-electron chi connectivity index (χ1n) is 13.3. The number of fused-ring (bicyclic) bond motifs is 1. The van der Waals surface area contributed by atoms with Crippen molar-refractivity contribution in [3.8, 4) is 17.3 Å². The molecule has 2 aliphatic heterocycles. The highest BCUT2D eigenvalue weighted by Crippen LogP contribution is 2.38. The number of carbonyl (C=O) groups excluding carboxylic acids is 1. The predicted octanol–water partition coefficient (Wildman–Crippen LogP) is 3.91. The molecule has 1 saturated heterocycles. The summed E-state index contributed by atoms with van der Waals surface area (Å²) in [6, 6.07) is 9.00. The average molecular weight is 512 g/mol. The number of hydrogen-bond acceptors (Lipinski definition) is 9. The van der Waals surface area contributed by atoms with Crippen LogP contribution in [0.15, 0.2) is 42.9 Å². The molecule has 2 aromatic heterocycles. The van der Waals surface area contributed by atoms with Gasteiger partial charge in [-0.25, -0.2) is 15.0 Å². The van der Waals surface area contributed by atoms with Crippen molar-refractivity contribution in [2.45, 2.75) is 50.2 Å². The normalized spacial score (nSPS) is 19.5. The fraction of sp³-hybridized carbons (Fsp3) is 0.379. The molecule has 1 saturated carbocycles. The Morgan fingerprint density at radius 1 is 1.16 bits per heavy atom. The summed E-state index contributed by atoms with van der Waals surface area (Å²) in [5, 5.41) is 6.61. The van der Waals surface area contributed by atoms with Gasteiger partial charge in [0, 0.05) is 41.8 Å². The first kappa shape index (κ1) is 24.5. The van der Waals surface area contributed by atoms with Crippen LogP contribution in [0, 0.1) is 0 Å². The number of methoxy groups -OCH3 is 1. The van der Waals surface area contributed by atoms with Crippen LogP contribution in [0.3, 0.4) is 0 Å². The standard InChI is InChI=1S/C29H33N7O2/c1-38-29-32-15-21(16-33-29)25-13-19-6-9-31-26(17-37)27(19)28(35-25)34-22-2-5-24(20(12-22)14-30)18-7-10-36(11-8-18)23-3-4-23/h2,5-6,9,12-13,15-18,23,26,31H,3-4,7-8,10-11,14,30H2,1H3,(H,34,35). The van der Waals surface area contributed by atoms with Crippen LogP contribution in [0.5, 0.6) is 6.01 Å². The molecule has 0 radical (unpaired) electrons. The molecular weight excluding hydrogens is 478 g/mol. The van der Waals surface area contributed by atoms with E-state index < -0.39 is 6.04 Å². The molecule has 1 aromatic carbocycles. The molecule has 2 fully saturated rings. The van der Waals surface area contributed by atoms with Crippen molar-refractivity contribution in [1.82, 2.24) is 25.2 Å². The number of ether oxygens (including phenoxy) is 1. The van der Waals surface area contributed by atoms with Gasteiger partial charge in [0.15, 0.2) is 0 Å². The second-order valence-electron chi connectivity index (χ2n) is 10.2. The first-order valence-corrected chi connectivity index (χ1v) is 13.3. The van der Waals surface area contributed by atoms with E-state index >= 15 is 0 Å². The number of rotatable bonds is 8. The number of anilines is 2. The fourth-order valence-electron chi connectivity index (χ4n) is 5.68. The van der Waals surface area contributed by atoms with Gasteiger partial charge in [-0.15, -0.1) is 0 Å². The fourth-order valence-corrected chi connectivity index (χ4v) is 5.68. The van der Waals surface area contributed by atoms with E-state index in [1.54, 1.807) is 18.6 Å². The number of nitrogens with one attached hydrogen (secondary N) is 2. The lowest BCUT2D eigenvalue weighted by Crippen LogP contribution is -2.34. The summed E-state index contributed by atoms with van der Waals surface area (Å²) in [5.74, 6) is 1.14.